The molecule has 2 rings (SSSR count). The molecule has 0 aliphatic rings. The Bertz CT molecular complexity index is 592. The van der Waals surface area contributed by atoms with E-state index >= 15 is 0 Å². The lowest BCUT2D eigenvalue weighted by Crippen LogP contribution is -2.07. The second-order valence-electron chi connectivity index (χ2n) is 4.24. The molecular weight excluding hydrogens is 244 g/mol. The Morgan fingerprint density at radius 3 is 2.89 bits per heavy atom. The molecule has 100 valence electrons. The van der Waals surface area contributed by atoms with Gasteiger partial charge in [0.1, 0.15) is 5.82 Å². The van der Waals surface area contributed by atoms with Crippen molar-refractivity contribution in [3.63, 3.8) is 0 Å². The van der Waals surface area contributed by atoms with Crippen molar-refractivity contribution >= 4 is 11.4 Å². The number of aromatic nitrogens is 2. The molecule has 1 aromatic heterocycles. The number of aryl methyl sites for hydroxylation is 2. The van der Waals surface area contributed by atoms with Gasteiger partial charge in [0.05, 0.1) is 11.5 Å². The van der Waals surface area contributed by atoms with Gasteiger partial charge in [0.25, 0.3) is 5.69 Å². The summed E-state index contributed by atoms with van der Waals surface area (Å²) in [6.07, 6.45) is 3.69. The molecule has 0 spiro atoms. The SMILES string of the molecule is CCn1ccnc1CNc1ccc([N+](=O)[O-])c(C)c1. The number of nitrogens with one attached hydrogen (secondary N) is 1. The minimum absolute atomic E-state index is 0.139. The second kappa shape index (κ2) is 5.51. The molecule has 0 bridgehead atoms. The standard InChI is InChI=1S/C13H16N4O2/c1-3-16-7-6-14-13(16)9-15-11-4-5-12(17(18)19)10(2)8-11/h4-8,15H,3,9H2,1-2H3. The van der Waals surface area contributed by atoms with E-state index in [4.69, 9.17) is 0 Å². The fourth-order valence-corrected chi connectivity index (χ4v) is 1.95. The maximum absolute atomic E-state index is 10.7. The van der Waals surface area contributed by atoms with Crippen LogP contribution in [0.4, 0.5) is 11.4 Å². The van der Waals surface area contributed by atoms with Gasteiger partial charge in [0.2, 0.25) is 0 Å². The maximum atomic E-state index is 10.7. The van der Waals surface area contributed by atoms with E-state index in [2.05, 4.69) is 17.2 Å². The third-order valence-corrected chi connectivity index (χ3v) is 2.99. The monoisotopic (exact) mass is 260 g/mol. The molecule has 6 nitrogen and oxygen atoms in total. The highest BCUT2D eigenvalue weighted by molar-refractivity contribution is 5.53. The quantitative estimate of drug-likeness (QED) is 0.662. The molecule has 0 amide bonds. The molecule has 1 N–H and O–H groups in total. The van der Waals surface area contributed by atoms with Crippen LogP contribution in [0.25, 0.3) is 0 Å². The summed E-state index contributed by atoms with van der Waals surface area (Å²) in [6.45, 7) is 5.26. The third-order valence-electron chi connectivity index (χ3n) is 2.99. The van der Waals surface area contributed by atoms with E-state index in [0.717, 1.165) is 18.1 Å². The fraction of sp³-hybridized carbons (Fsp3) is 0.308. The van der Waals surface area contributed by atoms with E-state index in [1.165, 1.54) is 6.07 Å². The number of nitro groups is 1. The molecule has 0 atom stereocenters. The van der Waals surface area contributed by atoms with Crippen molar-refractivity contribution in [3.8, 4) is 0 Å². The molecule has 0 fully saturated rings. The highest BCUT2D eigenvalue weighted by atomic mass is 16.6. The van der Waals surface area contributed by atoms with Crippen LogP contribution in [0.1, 0.15) is 18.3 Å². The molecule has 0 radical (unpaired) electrons. The summed E-state index contributed by atoms with van der Waals surface area (Å²) in [5, 5.41) is 14.0. The minimum atomic E-state index is -0.372. The first kappa shape index (κ1) is 13.1. The van der Waals surface area contributed by atoms with E-state index in [1.54, 1.807) is 25.3 Å². The number of nitrogens with zero attached hydrogens (tertiary/aromatic N) is 3. The lowest BCUT2D eigenvalue weighted by atomic mass is 10.2. The molecule has 0 saturated carbocycles. The van der Waals surface area contributed by atoms with Crippen molar-refractivity contribution in [2.45, 2.75) is 26.9 Å². The van der Waals surface area contributed by atoms with Gasteiger partial charge in [-0.2, -0.15) is 0 Å². The van der Waals surface area contributed by atoms with Crippen LogP contribution in [0.2, 0.25) is 0 Å². The van der Waals surface area contributed by atoms with Crippen LogP contribution in [0.3, 0.4) is 0 Å². The Morgan fingerprint density at radius 1 is 1.47 bits per heavy atom. The zero-order valence-corrected chi connectivity index (χ0v) is 11.0. The van der Waals surface area contributed by atoms with Crippen LogP contribution in [0, 0.1) is 17.0 Å². The average molecular weight is 260 g/mol. The van der Waals surface area contributed by atoms with Crippen LogP contribution in [0.5, 0.6) is 0 Å². The fourth-order valence-electron chi connectivity index (χ4n) is 1.95. The number of anilines is 1. The molecular formula is C13H16N4O2. The van der Waals surface area contributed by atoms with Gasteiger partial charge >= 0.3 is 0 Å². The van der Waals surface area contributed by atoms with Crippen LogP contribution in [-0.4, -0.2) is 14.5 Å². The van der Waals surface area contributed by atoms with Gasteiger partial charge in [-0.3, -0.25) is 10.1 Å². The van der Waals surface area contributed by atoms with Crippen molar-refractivity contribution in [3.05, 3.63) is 52.1 Å². The van der Waals surface area contributed by atoms with E-state index in [9.17, 15) is 10.1 Å². The number of imidazole rings is 1. The molecule has 0 aliphatic heterocycles. The molecule has 2 aromatic rings. The average Bonchev–Trinajstić information content (AvgIpc) is 2.83. The highest BCUT2D eigenvalue weighted by Gasteiger charge is 2.10. The largest absolute Gasteiger partial charge is 0.378 e. The van der Waals surface area contributed by atoms with Gasteiger partial charge in [-0.1, -0.05) is 0 Å². The Labute approximate surface area is 111 Å². The molecule has 0 unspecified atom stereocenters. The van der Waals surface area contributed by atoms with Crippen molar-refractivity contribution in [2.24, 2.45) is 0 Å². The van der Waals surface area contributed by atoms with Crippen LogP contribution in [-0.2, 0) is 13.1 Å². The summed E-state index contributed by atoms with van der Waals surface area (Å²) >= 11 is 0. The lowest BCUT2D eigenvalue weighted by molar-refractivity contribution is -0.385. The third kappa shape index (κ3) is 2.90. The zero-order valence-electron chi connectivity index (χ0n) is 11.0. The van der Waals surface area contributed by atoms with Crippen molar-refractivity contribution in [1.29, 1.82) is 0 Å². The number of rotatable bonds is 5. The second-order valence-corrected chi connectivity index (χ2v) is 4.24. The minimum Gasteiger partial charge on any atom is -0.378 e. The molecule has 6 heteroatoms. The van der Waals surface area contributed by atoms with Crippen LogP contribution >= 0.6 is 0 Å². The maximum Gasteiger partial charge on any atom is 0.272 e. The number of hydrogen-bond acceptors (Lipinski definition) is 4. The Balaban J connectivity index is 2.08. The highest BCUT2D eigenvalue weighted by Crippen LogP contribution is 2.21. The molecule has 19 heavy (non-hydrogen) atoms. The van der Waals surface area contributed by atoms with Gasteiger partial charge in [-0.05, 0) is 26.0 Å². The topological polar surface area (TPSA) is 73.0 Å². The Hall–Kier alpha value is -2.37. The Kier molecular flexibility index (Phi) is 3.79. The molecule has 1 heterocycles. The summed E-state index contributed by atoms with van der Waals surface area (Å²) in [4.78, 5) is 14.6. The van der Waals surface area contributed by atoms with Gasteiger partial charge in [0, 0.05) is 36.3 Å². The van der Waals surface area contributed by atoms with Crippen molar-refractivity contribution in [1.82, 2.24) is 9.55 Å². The predicted molar refractivity (Wildman–Crippen MR) is 73.1 cm³/mol. The zero-order chi connectivity index (χ0) is 13.8. The Morgan fingerprint density at radius 2 is 2.26 bits per heavy atom. The number of hydrogen-bond donors (Lipinski definition) is 1. The van der Waals surface area contributed by atoms with E-state index in [0.29, 0.717) is 12.1 Å². The first-order valence-electron chi connectivity index (χ1n) is 6.10. The summed E-state index contributed by atoms with van der Waals surface area (Å²) in [5.41, 5.74) is 1.64. The predicted octanol–water partition coefficient (Wildman–Crippen LogP) is 2.73. The lowest BCUT2D eigenvalue weighted by Gasteiger charge is -2.08. The van der Waals surface area contributed by atoms with E-state index in [1.807, 2.05) is 10.8 Å². The normalized spacial score (nSPS) is 10.4. The van der Waals surface area contributed by atoms with Gasteiger partial charge in [-0.15, -0.1) is 0 Å². The molecule has 0 aliphatic carbocycles. The summed E-state index contributed by atoms with van der Waals surface area (Å²) in [5.74, 6) is 0.943. The molecule has 0 saturated heterocycles. The summed E-state index contributed by atoms with van der Waals surface area (Å²) < 4.78 is 2.05. The van der Waals surface area contributed by atoms with Gasteiger partial charge < -0.3 is 9.88 Å². The summed E-state index contributed by atoms with van der Waals surface area (Å²) in [7, 11) is 0. The number of benzene rings is 1. The van der Waals surface area contributed by atoms with Crippen molar-refractivity contribution < 1.29 is 4.92 Å². The summed E-state index contributed by atoms with van der Waals surface area (Å²) in [6, 6.07) is 5.01. The van der Waals surface area contributed by atoms with Gasteiger partial charge in [-0.25, -0.2) is 4.98 Å². The van der Waals surface area contributed by atoms with Gasteiger partial charge in [0.15, 0.2) is 0 Å². The van der Waals surface area contributed by atoms with Crippen LogP contribution in [0.15, 0.2) is 30.6 Å². The number of nitro benzene ring substituents is 1. The first-order valence-corrected chi connectivity index (χ1v) is 6.10. The smallest absolute Gasteiger partial charge is 0.272 e. The van der Waals surface area contributed by atoms with E-state index < -0.39 is 0 Å². The van der Waals surface area contributed by atoms with Crippen LogP contribution < -0.4 is 5.32 Å². The van der Waals surface area contributed by atoms with E-state index in [-0.39, 0.29) is 10.6 Å². The first-order chi connectivity index (χ1) is 9.11. The molecule has 1 aromatic carbocycles. The van der Waals surface area contributed by atoms with Crippen molar-refractivity contribution in [2.75, 3.05) is 5.32 Å².